The zero-order chi connectivity index (χ0) is 21.3. The van der Waals surface area contributed by atoms with Crippen LogP contribution in [-0.2, 0) is 10.2 Å². The molecule has 0 spiro atoms. The van der Waals surface area contributed by atoms with Crippen LogP contribution < -0.4 is 5.32 Å². The van der Waals surface area contributed by atoms with Crippen LogP contribution in [0.25, 0.3) is 0 Å². The molecule has 1 heterocycles. The van der Waals surface area contributed by atoms with E-state index in [1.165, 1.54) is 24.3 Å². The number of nitrogens with zero attached hydrogens (tertiary/aromatic N) is 1. The van der Waals surface area contributed by atoms with Crippen molar-refractivity contribution in [2.45, 2.75) is 44.6 Å². The molecular weight excluding hydrogens is 377 g/mol. The lowest BCUT2D eigenvalue weighted by Gasteiger charge is -2.42. The molecule has 2 aromatic carbocycles. The molecule has 0 radical (unpaired) electrons. The van der Waals surface area contributed by atoms with E-state index >= 15 is 0 Å². The number of rotatable bonds is 4. The van der Waals surface area contributed by atoms with Crippen LogP contribution in [0.2, 0.25) is 0 Å². The molecule has 6 heteroatoms. The van der Waals surface area contributed by atoms with Crippen LogP contribution >= 0.6 is 0 Å². The molecule has 156 valence electrons. The van der Waals surface area contributed by atoms with Crippen molar-refractivity contribution in [1.29, 1.82) is 0 Å². The zero-order valence-corrected chi connectivity index (χ0v) is 17.2. The van der Waals surface area contributed by atoms with E-state index in [-0.39, 0.29) is 23.7 Å². The number of hydrogen-bond donors (Lipinski definition) is 1. The van der Waals surface area contributed by atoms with E-state index in [1.807, 2.05) is 6.92 Å². The maximum absolute atomic E-state index is 13.7. The molecule has 3 rings (SSSR count). The number of piperidine rings is 1. The maximum atomic E-state index is 13.7. The topological polar surface area (TPSA) is 32.3 Å². The van der Waals surface area contributed by atoms with E-state index in [9.17, 15) is 18.0 Å². The molecule has 3 nitrogen and oxygen atoms in total. The molecule has 29 heavy (non-hydrogen) atoms. The average Bonchev–Trinajstić information content (AvgIpc) is 2.66. The molecule has 1 aliphatic rings. The first kappa shape index (κ1) is 21.4. The molecule has 1 saturated heterocycles. The van der Waals surface area contributed by atoms with Crippen molar-refractivity contribution in [2.75, 3.05) is 20.1 Å². The van der Waals surface area contributed by atoms with Gasteiger partial charge in [0.2, 0.25) is 5.91 Å². The Morgan fingerprint density at radius 1 is 1.07 bits per heavy atom. The minimum absolute atomic E-state index is 0.00153. The molecule has 1 aliphatic heterocycles. The molecule has 1 N–H and O–H groups in total. The Morgan fingerprint density at radius 3 is 2.34 bits per heavy atom. The molecule has 1 amide bonds. The third-order valence-electron chi connectivity index (χ3n) is 6.01. The summed E-state index contributed by atoms with van der Waals surface area (Å²) >= 11 is 0. The molecule has 0 saturated carbocycles. The fourth-order valence-electron chi connectivity index (χ4n) is 4.31. The minimum atomic E-state index is -1.09. The van der Waals surface area contributed by atoms with Gasteiger partial charge < -0.3 is 10.2 Å². The lowest BCUT2D eigenvalue weighted by atomic mass is 9.80. The van der Waals surface area contributed by atoms with Gasteiger partial charge in [0, 0.05) is 31.6 Å². The van der Waals surface area contributed by atoms with E-state index in [0.29, 0.717) is 12.1 Å². The quantitative estimate of drug-likeness (QED) is 0.824. The standard InChI is InChI=1S/C23H27F3N2O/c1-14-9-16(24)5-6-19(14)20-13-27-8-7-21(20)28(4)22(29)23(2,3)15-10-17(25)12-18(26)11-15/h5-6,9-12,20-21,27H,7-8,13H2,1-4H3/t20-,21+/m1/s1. The summed E-state index contributed by atoms with van der Waals surface area (Å²) in [7, 11) is 1.74. The molecule has 0 unspecified atom stereocenters. The largest absolute Gasteiger partial charge is 0.341 e. The van der Waals surface area contributed by atoms with Crippen molar-refractivity contribution < 1.29 is 18.0 Å². The number of amides is 1. The number of nitrogens with one attached hydrogen (secondary N) is 1. The van der Waals surface area contributed by atoms with Crippen LogP contribution in [0.1, 0.15) is 42.9 Å². The van der Waals surface area contributed by atoms with Crippen molar-refractivity contribution in [3.63, 3.8) is 0 Å². The first-order valence-corrected chi connectivity index (χ1v) is 9.82. The van der Waals surface area contributed by atoms with Gasteiger partial charge in [0.15, 0.2) is 0 Å². The van der Waals surface area contributed by atoms with Gasteiger partial charge in [-0.3, -0.25) is 4.79 Å². The summed E-state index contributed by atoms with van der Waals surface area (Å²) in [6.45, 7) is 6.65. The summed E-state index contributed by atoms with van der Waals surface area (Å²) in [4.78, 5) is 15.1. The Hall–Kier alpha value is -2.34. The van der Waals surface area contributed by atoms with Crippen molar-refractivity contribution >= 4 is 5.91 Å². The highest BCUT2D eigenvalue weighted by atomic mass is 19.1. The fraction of sp³-hybridized carbons (Fsp3) is 0.435. The zero-order valence-electron chi connectivity index (χ0n) is 17.2. The van der Waals surface area contributed by atoms with Crippen molar-refractivity contribution in [2.24, 2.45) is 0 Å². The number of halogens is 3. The van der Waals surface area contributed by atoms with Gasteiger partial charge in [-0.15, -0.1) is 0 Å². The molecular formula is C23H27F3N2O. The summed E-state index contributed by atoms with van der Waals surface area (Å²) in [5.41, 5.74) is 1.05. The van der Waals surface area contributed by atoms with Gasteiger partial charge in [0.05, 0.1) is 5.41 Å². The van der Waals surface area contributed by atoms with Crippen LogP contribution in [0.5, 0.6) is 0 Å². The summed E-state index contributed by atoms with van der Waals surface area (Å²) in [5.74, 6) is -1.90. The average molecular weight is 404 g/mol. The first-order chi connectivity index (χ1) is 13.6. The first-order valence-electron chi connectivity index (χ1n) is 9.82. The Bertz CT molecular complexity index is 893. The van der Waals surface area contributed by atoms with E-state index < -0.39 is 17.0 Å². The number of carbonyl (C=O) groups is 1. The van der Waals surface area contributed by atoms with Crippen LogP contribution in [0.3, 0.4) is 0 Å². The van der Waals surface area contributed by atoms with Crippen LogP contribution in [0, 0.1) is 24.4 Å². The van der Waals surface area contributed by atoms with Crippen molar-refractivity contribution in [3.05, 3.63) is 70.5 Å². The summed E-state index contributed by atoms with van der Waals surface area (Å²) in [5, 5.41) is 3.35. The number of likely N-dealkylation sites (N-methyl/N-ethyl adjacent to an activating group) is 1. The van der Waals surface area contributed by atoms with Gasteiger partial charge in [0.1, 0.15) is 17.5 Å². The number of aryl methyl sites for hydroxylation is 1. The Balaban J connectivity index is 1.91. The minimum Gasteiger partial charge on any atom is -0.341 e. The smallest absolute Gasteiger partial charge is 0.232 e. The molecule has 0 bridgehead atoms. The summed E-state index contributed by atoms with van der Waals surface area (Å²) in [6, 6.07) is 7.83. The number of hydrogen-bond acceptors (Lipinski definition) is 2. The highest BCUT2D eigenvalue weighted by Crippen LogP contribution is 2.34. The Kier molecular flexibility index (Phi) is 6.03. The lowest BCUT2D eigenvalue weighted by Crippen LogP contribution is -2.53. The Labute approximate surface area is 169 Å². The van der Waals surface area contributed by atoms with E-state index in [4.69, 9.17) is 0 Å². The van der Waals surface area contributed by atoms with E-state index in [2.05, 4.69) is 5.32 Å². The summed E-state index contributed by atoms with van der Waals surface area (Å²) < 4.78 is 41.0. The molecule has 0 aromatic heterocycles. The van der Waals surface area contributed by atoms with Crippen molar-refractivity contribution in [1.82, 2.24) is 10.2 Å². The van der Waals surface area contributed by atoms with Gasteiger partial charge in [0.25, 0.3) is 0 Å². The predicted octanol–water partition coefficient (Wildman–Crippen LogP) is 4.29. The second-order valence-electron chi connectivity index (χ2n) is 8.37. The van der Waals surface area contributed by atoms with E-state index in [0.717, 1.165) is 30.2 Å². The molecule has 0 aliphatic carbocycles. The predicted molar refractivity (Wildman–Crippen MR) is 107 cm³/mol. The SMILES string of the molecule is Cc1cc(F)ccc1[C@H]1CNCC[C@@H]1N(C)C(=O)C(C)(C)c1cc(F)cc(F)c1. The normalized spacial score (nSPS) is 19.8. The second-order valence-corrected chi connectivity index (χ2v) is 8.37. The van der Waals surface area contributed by atoms with Crippen LogP contribution in [-0.4, -0.2) is 37.0 Å². The third kappa shape index (κ3) is 4.32. The lowest BCUT2D eigenvalue weighted by molar-refractivity contribution is -0.138. The number of carbonyl (C=O) groups excluding carboxylic acids is 1. The van der Waals surface area contributed by atoms with Gasteiger partial charge in [-0.2, -0.15) is 0 Å². The molecule has 2 aromatic rings. The van der Waals surface area contributed by atoms with Crippen LogP contribution in [0.15, 0.2) is 36.4 Å². The number of benzene rings is 2. The summed E-state index contributed by atoms with van der Waals surface area (Å²) in [6.07, 6.45) is 0.733. The highest BCUT2D eigenvalue weighted by Gasteiger charge is 2.39. The van der Waals surface area contributed by atoms with Gasteiger partial charge in [-0.05, 0) is 74.7 Å². The van der Waals surface area contributed by atoms with Crippen LogP contribution in [0.4, 0.5) is 13.2 Å². The second kappa shape index (κ2) is 8.19. The van der Waals surface area contributed by atoms with Gasteiger partial charge in [-0.25, -0.2) is 13.2 Å². The van der Waals surface area contributed by atoms with E-state index in [1.54, 1.807) is 31.9 Å². The monoisotopic (exact) mass is 404 g/mol. The highest BCUT2D eigenvalue weighted by molar-refractivity contribution is 5.87. The Morgan fingerprint density at radius 2 is 1.72 bits per heavy atom. The van der Waals surface area contributed by atoms with Gasteiger partial charge >= 0.3 is 0 Å². The fourth-order valence-corrected chi connectivity index (χ4v) is 4.31. The maximum Gasteiger partial charge on any atom is 0.232 e. The molecule has 1 fully saturated rings. The third-order valence-corrected chi connectivity index (χ3v) is 6.01. The van der Waals surface area contributed by atoms with Gasteiger partial charge in [-0.1, -0.05) is 6.07 Å². The molecule has 2 atom stereocenters. The van der Waals surface area contributed by atoms with Crippen molar-refractivity contribution in [3.8, 4) is 0 Å².